The van der Waals surface area contributed by atoms with Gasteiger partial charge in [-0.15, -0.1) is 0 Å². The highest BCUT2D eigenvalue weighted by atomic mass is 16.5. The predicted molar refractivity (Wildman–Crippen MR) is 93.6 cm³/mol. The summed E-state index contributed by atoms with van der Waals surface area (Å²) in [5, 5.41) is 7.57. The van der Waals surface area contributed by atoms with Gasteiger partial charge >= 0.3 is 0 Å². The Kier molecular flexibility index (Phi) is 8.65. The van der Waals surface area contributed by atoms with Gasteiger partial charge in [0.2, 0.25) is 0 Å². The smallest absolute Gasteiger partial charge is 0.119 e. The summed E-state index contributed by atoms with van der Waals surface area (Å²) < 4.78 is 5.41. The fraction of sp³-hybridized carbons (Fsp3) is 0.263. The van der Waals surface area contributed by atoms with Gasteiger partial charge in [0.25, 0.3) is 0 Å². The summed E-state index contributed by atoms with van der Waals surface area (Å²) in [6.07, 6.45) is 4.18. The van der Waals surface area contributed by atoms with Gasteiger partial charge in [0.15, 0.2) is 0 Å². The van der Waals surface area contributed by atoms with Gasteiger partial charge < -0.3 is 15.6 Å². The second-order valence-corrected chi connectivity index (χ2v) is 4.60. The molecule has 0 radical (unpaired) electrons. The lowest BCUT2D eigenvalue weighted by atomic mass is 10.1. The molecule has 0 saturated heterocycles. The number of nitrogens with two attached hydrogens (primary N) is 1. The molecule has 0 aliphatic carbocycles. The zero-order valence-corrected chi connectivity index (χ0v) is 13.3. The summed E-state index contributed by atoms with van der Waals surface area (Å²) in [7, 11) is 0. The molecule has 2 aromatic carbocycles. The molecule has 3 N–H and O–H groups in total. The van der Waals surface area contributed by atoms with E-state index >= 15 is 0 Å². The van der Waals surface area contributed by atoms with E-state index in [1.165, 1.54) is 5.56 Å². The van der Waals surface area contributed by atoms with E-state index in [0.29, 0.717) is 13.2 Å². The average molecular weight is 299 g/mol. The van der Waals surface area contributed by atoms with E-state index in [-0.39, 0.29) is 6.61 Å². The molecule has 0 aromatic heterocycles. The van der Waals surface area contributed by atoms with Crippen LogP contribution in [0.3, 0.4) is 0 Å². The van der Waals surface area contributed by atoms with Crippen molar-refractivity contribution in [2.24, 2.45) is 5.73 Å². The SMILES string of the molecule is CCO.CCOc1ccc(/C=C/c2ccc(CN)cc2)cc1. The molecule has 2 aromatic rings. The second kappa shape index (κ2) is 10.6. The Morgan fingerprint density at radius 1 is 0.909 bits per heavy atom. The Labute approximate surface area is 133 Å². The molecule has 2 rings (SSSR count). The molecule has 3 heteroatoms. The maximum Gasteiger partial charge on any atom is 0.119 e. The van der Waals surface area contributed by atoms with Crippen molar-refractivity contribution in [3.63, 3.8) is 0 Å². The van der Waals surface area contributed by atoms with Crippen LogP contribution in [0.1, 0.15) is 30.5 Å². The number of hydrogen-bond donors (Lipinski definition) is 2. The normalized spacial score (nSPS) is 10.2. The zero-order chi connectivity index (χ0) is 16.2. The third-order valence-electron chi connectivity index (χ3n) is 2.87. The molecule has 0 unspecified atom stereocenters. The third kappa shape index (κ3) is 6.57. The first-order valence-corrected chi connectivity index (χ1v) is 7.54. The Hall–Kier alpha value is -2.10. The van der Waals surface area contributed by atoms with Crippen molar-refractivity contribution in [3.05, 3.63) is 65.2 Å². The van der Waals surface area contributed by atoms with E-state index < -0.39 is 0 Å². The van der Waals surface area contributed by atoms with Crippen molar-refractivity contribution in [2.45, 2.75) is 20.4 Å². The van der Waals surface area contributed by atoms with Crippen molar-refractivity contribution < 1.29 is 9.84 Å². The highest BCUT2D eigenvalue weighted by Gasteiger charge is 1.92. The molecule has 118 valence electrons. The zero-order valence-electron chi connectivity index (χ0n) is 13.3. The minimum Gasteiger partial charge on any atom is -0.494 e. The molecule has 0 aliphatic rings. The fourth-order valence-electron chi connectivity index (χ4n) is 1.80. The molecule has 3 nitrogen and oxygen atoms in total. The lowest BCUT2D eigenvalue weighted by Gasteiger charge is -2.02. The highest BCUT2D eigenvalue weighted by molar-refractivity contribution is 5.69. The highest BCUT2D eigenvalue weighted by Crippen LogP contribution is 2.14. The van der Waals surface area contributed by atoms with Crippen LogP contribution < -0.4 is 10.5 Å². The first-order valence-electron chi connectivity index (χ1n) is 7.54. The van der Waals surface area contributed by atoms with Crippen LogP contribution in [0, 0.1) is 0 Å². The largest absolute Gasteiger partial charge is 0.494 e. The molecule has 0 fully saturated rings. The summed E-state index contributed by atoms with van der Waals surface area (Å²) in [5.74, 6) is 0.909. The fourth-order valence-corrected chi connectivity index (χ4v) is 1.80. The van der Waals surface area contributed by atoms with Crippen LogP contribution in [-0.4, -0.2) is 18.3 Å². The number of aliphatic hydroxyl groups excluding tert-OH is 1. The Morgan fingerprint density at radius 3 is 1.77 bits per heavy atom. The molecule has 0 saturated carbocycles. The molecular formula is C19H25NO2. The summed E-state index contributed by atoms with van der Waals surface area (Å²) in [4.78, 5) is 0. The number of rotatable bonds is 5. The van der Waals surface area contributed by atoms with Gasteiger partial charge in [0.05, 0.1) is 6.61 Å². The average Bonchev–Trinajstić information content (AvgIpc) is 2.56. The number of benzene rings is 2. The van der Waals surface area contributed by atoms with Crippen molar-refractivity contribution in [1.29, 1.82) is 0 Å². The van der Waals surface area contributed by atoms with E-state index in [1.54, 1.807) is 6.92 Å². The van der Waals surface area contributed by atoms with Crippen LogP contribution in [-0.2, 0) is 6.54 Å². The van der Waals surface area contributed by atoms with Gasteiger partial charge in [0.1, 0.15) is 5.75 Å². The van der Waals surface area contributed by atoms with Crippen LogP contribution in [0.15, 0.2) is 48.5 Å². The Bertz CT molecular complexity index is 545. The van der Waals surface area contributed by atoms with E-state index in [4.69, 9.17) is 15.6 Å². The lowest BCUT2D eigenvalue weighted by molar-refractivity contribution is 0.318. The first kappa shape index (κ1) is 18.0. The molecule has 0 atom stereocenters. The monoisotopic (exact) mass is 299 g/mol. The second-order valence-electron chi connectivity index (χ2n) is 4.60. The van der Waals surface area contributed by atoms with Gasteiger partial charge in [-0.1, -0.05) is 48.6 Å². The number of hydrogen-bond acceptors (Lipinski definition) is 3. The molecule has 0 amide bonds. The van der Waals surface area contributed by atoms with Crippen LogP contribution in [0.5, 0.6) is 5.75 Å². The number of ether oxygens (including phenoxy) is 1. The number of aliphatic hydroxyl groups is 1. The van der Waals surface area contributed by atoms with Crippen LogP contribution >= 0.6 is 0 Å². The first-order chi connectivity index (χ1) is 10.7. The third-order valence-corrected chi connectivity index (χ3v) is 2.87. The van der Waals surface area contributed by atoms with Crippen molar-refractivity contribution in [2.75, 3.05) is 13.2 Å². The van der Waals surface area contributed by atoms with E-state index in [0.717, 1.165) is 16.9 Å². The van der Waals surface area contributed by atoms with E-state index in [1.807, 2.05) is 19.1 Å². The summed E-state index contributed by atoms with van der Waals surface area (Å²) in [6.45, 7) is 5.20. The van der Waals surface area contributed by atoms with Crippen LogP contribution in [0.25, 0.3) is 12.2 Å². The van der Waals surface area contributed by atoms with Crippen LogP contribution in [0.4, 0.5) is 0 Å². The summed E-state index contributed by atoms with van der Waals surface area (Å²) in [6, 6.07) is 16.3. The molecule has 0 heterocycles. The molecule has 0 aliphatic heterocycles. The Balaban J connectivity index is 0.000000745. The Morgan fingerprint density at radius 2 is 1.36 bits per heavy atom. The standard InChI is InChI=1S/C17H19NO.C2H6O/c1-2-19-17-11-9-15(10-12-17)4-3-14-5-7-16(13-18)8-6-14;1-2-3/h3-12H,2,13,18H2,1H3;3H,2H2,1H3/b4-3+;. The van der Waals surface area contributed by atoms with Gasteiger partial charge in [-0.25, -0.2) is 0 Å². The van der Waals surface area contributed by atoms with Crippen molar-refractivity contribution in [3.8, 4) is 5.75 Å². The van der Waals surface area contributed by atoms with Crippen LogP contribution in [0.2, 0.25) is 0 Å². The molecule has 22 heavy (non-hydrogen) atoms. The molecule has 0 bridgehead atoms. The van der Waals surface area contributed by atoms with Crippen molar-refractivity contribution >= 4 is 12.2 Å². The van der Waals surface area contributed by atoms with Crippen molar-refractivity contribution in [1.82, 2.24) is 0 Å². The summed E-state index contributed by atoms with van der Waals surface area (Å²) in [5.41, 5.74) is 9.06. The van der Waals surface area contributed by atoms with Gasteiger partial charge in [-0.2, -0.15) is 0 Å². The minimum atomic E-state index is 0.250. The quantitative estimate of drug-likeness (QED) is 0.827. The lowest BCUT2D eigenvalue weighted by Crippen LogP contribution is -1.94. The molecular weight excluding hydrogens is 274 g/mol. The maximum atomic E-state index is 7.57. The maximum absolute atomic E-state index is 7.57. The minimum absolute atomic E-state index is 0.250. The molecule has 0 spiro atoms. The van der Waals surface area contributed by atoms with Gasteiger partial charge in [0, 0.05) is 13.2 Å². The predicted octanol–water partition coefficient (Wildman–Crippen LogP) is 3.71. The summed E-state index contributed by atoms with van der Waals surface area (Å²) >= 11 is 0. The van der Waals surface area contributed by atoms with E-state index in [9.17, 15) is 0 Å². The topological polar surface area (TPSA) is 55.5 Å². The van der Waals surface area contributed by atoms with Gasteiger partial charge in [-0.05, 0) is 42.7 Å². The van der Waals surface area contributed by atoms with Gasteiger partial charge in [-0.3, -0.25) is 0 Å². The van der Waals surface area contributed by atoms with E-state index in [2.05, 4.69) is 48.6 Å².